The molecule has 0 atom stereocenters. The number of rotatable bonds is 5. The number of ether oxygens (including phenoxy) is 2. The number of amides is 1. The molecule has 3 aliphatic rings. The van der Waals surface area contributed by atoms with E-state index in [4.69, 9.17) is 9.47 Å². The maximum absolute atomic E-state index is 13.1. The Labute approximate surface area is 194 Å². The largest absolute Gasteiger partial charge is 0.486 e. The van der Waals surface area contributed by atoms with Crippen molar-refractivity contribution in [3.05, 3.63) is 47.3 Å². The van der Waals surface area contributed by atoms with Crippen molar-refractivity contribution in [2.24, 2.45) is 0 Å². The number of hydrogen-bond donors (Lipinski definition) is 0. The number of piperazine rings is 1. The quantitative estimate of drug-likeness (QED) is 0.627. The summed E-state index contributed by atoms with van der Waals surface area (Å²) in [5.74, 6) is 0.908. The van der Waals surface area contributed by atoms with E-state index >= 15 is 0 Å². The Morgan fingerprint density at radius 2 is 1.70 bits per heavy atom. The van der Waals surface area contributed by atoms with Gasteiger partial charge in [0.1, 0.15) is 13.2 Å². The lowest BCUT2D eigenvalue weighted by Crippen LogP contribution is -2.50. The number of aromatic nitrogens is 1. The zero-order valence-corrected chi connectivity index (χ0v) is 19.8. The van der Waals surface area contributed by atoms with Crippen LogP contribution in [-0.4, -0.2) is 67.5 Å². The Morgan fingerprint density at radius 3 is 2.39 bits per heavy atom. The molecular weight excluding hydrogens is 442 g/mol. The molecule has 2 aromatic rings. The van der Waals surface area contributed by atoms with Crippen LogP contribution in [0.25, 0.3) is 6.08 Å². The first-order valence-electron chi connectivity index (χ1n) is 11.4. The number of benzene rings is 1. The van der Waals surface area contributed by atoms with E-state index in [1.807, 2.05) is 6.08 Å². The molecule has 9 heteroatoms. The van der Waals surface area contributed by atoms with E-state index in [9.17, 15) is 13.2 Å². The van der Waals surface area contributed by atoms with Crippen molar-refractivity contribution in [2.45, 2.75) is 37.6 Å². The Hall–Kier alpha value is -2.78. The van der Waals surface area contributed by atoms with E-state index in [2.05, 4.69) is 24.5 Å². The standard InChI is InChI=1S/C24H29N3O5S/c1-17-15-19(18(2)27(17)20-4-5-20)3-8-24(28)25-9-11-26(12-10-25)33(29,30)21-6-7-22-23(16-21)32-14-13-31-22/h3,6-8,15-16,20H,4-5,9-14H2,1-2H3/b8-3+. The van der Waals surface area contributed by atoms with E-state index in [0.717, 1.165) is 5.56 Å². The molecule has 2 aliphatic heterocycles. The molecule has 5 rings (SSSR count). The van der Waals surface area contributed by atoms with E-state index in [1.165, 1.54) is 34.6 Å². The van der Waals surface area contributed by atoms with Gasteiger partial charge in [-0.25, -0.2) is 8.42 Å². The molecule has 1 saturated carbocycles. The average Bonchev–Trinajstić information content (AvgIpc) is 3.62. The molecule has 176 valence electrons. The van der Waals surface area contributed by atoms with Crippen LogP contribution in [0.1, 0.15) is 35.8 Å². The summed E-state index contributed by atoms with van der Waals surface area (Å²) in [6.07, 6.45) is 5.92. The van der Waals surface area contributed by atoms with Gasteiger partial charge < -0.3 is 18.9 Å². The van der Waals surface area contributed by atoms with Gasteiger partial charge in [0, 0.05) is 55.8 Å². The fourth-order valence-corrected chi connectivity index (χ4v) is 6.05. The van der Waals surface area contributed by atoms with Crippen LogP contribution < -0.4 is 9.47 Å². The monoisotopic (exact) mass is 471 g/mol. The molecule has 1 aromatic heterocycles. The zero-order valence-electron chi connectivity index (χ0n) is 19.0. The summed E-state index contributed by atoms with van der Waals surface area (Å²) in [6, 6.07) is 7.41. The lowest BCUT2D eigenvalue weighted by molar-refractivity contribution is -0.127. The molecule has 0 spiro atoms. The van der Waals surface area contributed by atoms with Gasteiger partial charge in [0.2, 0.25) is 15.9 Å². The molecular formula is C24H29N3O5S. The lowest BCUT2D eigenvalue weighted by atomic mass is 10.2. The van der Waals surface area contributed by atoms with Crippen molar-refractivity contribution in [2.75, 3.05) is 39.4 Å². The minimum absolute atomic E-state index is 0.0948. The van der Waals surface area contributed by atoms with Crippen molar-refractivity contribution in [3.63, 3.8) is 0 Å². The SMILES string of the molecule is Cc1cc(/C=C/C(=O)N2CCN(S(=O)(=O)c3ccc4c(c3)OCCO4)CC2)c(C)n1C1CC1. The third-order valence-corrected chi connectivity index (χ3v) is 8.44. The number of hydrogen-bond acceptors (Lipinski definition) is 5. The molecule has 0 unspecified atom stereocenters. The van der Waals surface area contributed by atoms with Crippen LogP contribution >= 0.6 is 0 Å². The van der Waals surface area contributed by atoms with Crippen LogP contribution in [0.4, 0.5) is 0 Å². The third kappa shape index (κ3) is 4.27. The second-order valence-electron chi connectivity index (χ2n) is 8.80. The number of sulfonamides is 1. The van der Waals surface area contributed by atoms with Crippen LogP contribution in [0.2, 0.25) is 0 Å². The molecule has 1 aliphatic carbocycles. The first kappa shape index (κ1) is 22.0. The van der Waals surface area contributed by atoms with Gasteiger partial charge in [-0.1, -0.05) is 0 Å². The molecule has 8 nitrogen and oxygen atoms in total. The Bertz CT molecular complexity index is 1200. The van der Waals surface area contributed by atoms with Gasteiger partial charge in [0.05, 0.1) is 4.90 Å². The topological polar surface area (TPSA) is 81.1 Å². The summed E-state index contributed by atoms with van der Waals surface area (Å²) in [5, 5.41) is 0. The summed E-state index contributed by atoms with van der Waals surface area (Å²) in [5.41, 5.74) is 3.47. The van der Waals surface area contributed by atoms with Gasteiger partial charge >= 0.3 is 0 Å². The van der Waals surface area contributed by atoms with Crippen molar-refractivity contribution >= 4 is 22.0 Å². The van der Waals surface area contributed by atoms with Crippen LogP contribution in [-0.2, 0) is 14.8 Å². The Morgan fingerprint density at radius 1 is 1.00 bits per heavy atom. The Kier molecular flexibility index (Phi) is 5.70. The highest BCUT2D eigenvalue weighted by atomic mass is 32.2. The summed E-state index contributed by atoms with van der Waals surface area (Å²) in [4.78, 5) is 14.6. The van der Waals surface area contributed by atoms with Crippen molar-refractivity contribution in [1.29, 1.82) is 0 Å². The highest BCUT2D eigenvalue weighted by Crippen LogP contribution is 2.38. The van der Waals surface area contributed by atoms with E-state index in [-0.39, 0.29) is 23.9 Å². The molecule has 3 heterocycles. The third-order valence-electron chi connectivity index (χ3n) is 6.54. The van der Waals surface area contributed by atoms with E-state index in [1.54, 1.807) is 23.1 Å². The van der Waals surface area contributed by atoms with Gasteiger partial charge in [-0.2, -0.15) is 4.31 Å². The molecule has 0 bridgehead atoms. The van der Waals surface area contributed by atoms with Gasteiger partial charge in [-0.3, -0.25) is 4.79 Å². The second-order valence-corrected chi connectivity index (χ2v) is 10.7. The second kappa shape index (κ2) is 8.53. The van der Waals surface area contributed by atoms with Crippen LogP contribution in [0.15, 0.2) is 35.2 Å². The van der Waals surface area contributed by atoms with E-state index in [0.29, 0.717) is 43.8 Å². The van der Waals surface area contributed by atoms with Crippen LogP contribution in [0, 0.1) is 13.8 Å². The van der Waals surface area contributed by atoms with Crippen molar-refractivity contribution in [1.82, 2.24) is 13.8 Å². The number of fused-ring (bicyclic) bond motifs is 1. The molecule has 1 saturated heterocycles. The van der Waals surface area contributed by atoms with Gasteiger partial charge in [0.15, 0.2) is 11.5 Å². The van der Waals surface area contributed by atoms with Crippen LogP contribution in [0.5, 0.6) is 11.5 Å². The fourth-order valence-electron chi connectivity index (χ4n) is 4.61. The highest BCUT2D eigenvalue weighted by Gasteiger charge is 2.31. The number of carbonyl (C=O) groups is 1. The first-order valence-corrected chi connectivity index (χ1v) is 12.8. The summed E-state index contributed by atoms with van der Waals surface area (Å²) < 4.78 is 41.0. The summed E-state index contributed by atoms with van der Waals surface area (Å²) >= 11 is 0. The predicted molar refractivity (Wildman–Crippen MR) is 124 cm³/mol. The first-order chi connectivity index (χ1) is 15.8. The Balaban J connectivity index is 1.22. The number of aryl methyl sites for hydroxylation is 1. The lowest BCUT2D eigenvalue weighted by Gasteiger charge is -2.33. The highest BCUT2D eigenvalue weighted by molar-refractivity contribution is 7.89. The van der Waals surface area contributed by atoms with Crippen LogP contribution in [0.3, 0.4) is 0 Å². The minimum Gasteiger partial charge on any atom is -0.486 e. The maximum atomic E-state index is 13.1. The fraction of sp³-hybridized carbons (Fsp3) is 0.458. The summed E-state index contributed by atoms with van der Waals surface area (Å²) in [6.45, 7) is 6.27. The number of nitrogens with zero attached hydrogens (tertiary/aromatic N) is 3. The summed E-state index contributed by atoms with van der Waals surface area (Å²) in [7, 11) is -3.67. The van der Waals surface area contributed by atoms with Gasteiger partial charge in [-0.05, 0) is 56.5 Å². The molecule has 33 heavy (non-hydrogen) atoms. The maximum Gasteiger partial charge on any atom is 0.246 e. The predicted octanol–water partition coefficient (Wildman–Crippen LogP) is 2.76. The molecule has 0 N–H and O–H groups in total. The smallest absolute Gasteiger partial charge is 0.246 e. The van der Waals surface area contributed by atoms with Gasteiger partial charge in [-0.15, -0.1) is 0 Å². The van der Waals surface area contributed by atoms with E-state index < -0.39 is 10.0 Å². The molecule has 2 fully saturated rings. The average molecular weight is 472 g/mol. The van der Waals surface area contributed by atoms with Gasteiger partial charge in [0.25, 0.3) is 0 Å². The number of carbonyl (C=O) groups excluding carboxylic acids is 1. The molecule has 0 radical (unpaired) electrons. The molecule has 1 amide bonds. The van der Waals surface area contributed by atoms with Crippen molar-refractivity contribution in [3.8, 4) is 11.5 Å². The van der Waals surface area contributed by atoms with Crippen molar-refractivity contribution < 1.29 is 22.7 Å². The normalized spacial score (nSPS) is 19.3. The zero-order chi connectivity index (χ0) is 23.2. The minimum atomic E-state index is -3.67. The molecule has 1 aromatic carbocycles.